The number of aromatic nitrogens is 1. The van der Waals surface area contributed by atoms with Gasteiger partial charge in [0.25, 0.3) is 0 Å². The lowest BCUT2D eigenvalue weighted by Crippen LogP contribution is -2.13. The zero-order valence-electron chi connectivity index (χ0n) is 9.27. The lowest BCUT2D eigenvalue weighted by molar-refractivity contribution is -0.139. The topological polar surface area (TPSA) is 56.3 Å². The molecule has 0 atom stereocenters. The molecule has 1 rings (SSSR count). The van der Waals surface area contributed by atoms with Gasteiger partial charge in [-0.15, -0.1) is 0 Å². The van der Waals surface area contributed by atoms with E-state index in [-0.39, 0.29) is 18.0 Å². The van der Waals surface area contributed by atoms with Crippen molar-refractivity contribution >= 4 is 17.8 Å². The van der Waals surface area contributed by atoms with Crippen molar-refractivity contribution in [3.8, 4) is 0 Å². The number of nitrogens with zero attached hydrogens (tertiary/aromatic N) is 1. The van der Waals surface area contributed by atoms with Crippen LogP contribution in [0.15, 0.2) is 30.1 Å². The number of hydrogen-bond donors (Lipinski definition) is 0. The van der Waals surface area contributed by atoms with Gasteiger partial charge in [0, 0.05) is 12.4 Å². The minimum Gasteiger partial charge on any atom is -0.462 e. The highest BCUT2D eigenvalue weighted by Gasteiger charge is 2.15. The van der Waals surface area contributed by atoms with E-state index in [1.165, 1.54) is 13.0 Å². The maximum absolute atomic E-state index is 11.5. The van der Waals surface area contributed by atoms with E-state index in [1.807, 2.05) is 0 Å². The molecule has 0 aliphatic rings. The smallest absolute Gasteiger partial charge is 0.341 e. The van der Waals surface area contributed by atoms with E-state index < -0.39 is 5.97 Å². The molecule has 0 aromatic carbocycles. The fourth-order valence-electron chi connectivity index (χ4n) is 1.14. The monoisotopic (exact) mass is 219 g/mol. The number of ether oxygens (including phenoxy) is 1. The molecule has 0 aliphatic carbocycles. The van der Waals surface area contributed by atoms with Gasteiger partial charge in [-0.25, -0.2) is 4.79 Å². The summed E-state index contributed by atoms with van der Waals surface area (Å²) < 4.78 is 4.79. The number of carbonyl (C=O) groups excluding carboxylic acids is 2. The first-order valence-corrected chi connectivity index (χ1v) is 4.95. The van der Waals surface area contributed by atoms with Crippen LogP contribution in [-0.4, -0.2) is 23.3 Å². The van der Waals surface area contributed by atoms with E-state index in [4.69, 9.17) is 4.74 Å². The fraction of sp³-hybridized carbons (Fsp3) is 0.250. The predicted octanol–water partition coefficient (Wildman–Crippen LogP) is 1.62. The third-order valence-electron chi connectivity index (χ3n) is 1.89. The molecule has 16 heavy (non-hydrogen) atoms. The standard InChI is InChI=1S/C12H13NO3/c1-3-16-12(15)11(9(2)14)8-10-4-6-13-7-5-10/h4-8H,3H2,1-2H3/b11-8+. The molecule has 0 spiro atoms. The number of hydrogen-bond acceptors (Lipinski definition) is 4. The minimum absolute atomic E-state index is 0.0491. The van der Waals surface area contributed by atoms with Crippen LogP contribution in [0.5, 0.6) is 0 Å². The molecule has 0 saturated carbocycles. The first kappa shape index (κ1) is 12.1. The molecule has 84 valence electrons. The normalized spacial score (nSPS) is 11.0. The van der Waals surface area contributed by atoms with E-state index >= 15 is 0 Å². The molecule has 0 aliphatic heterocycles. The highest BCUT2D eigenvalue weighted by atomic mass is 16.5. The van der Waals surface area contributed by atoms with Crippen molar-refractivity contribution < 1.29 is 14.3 Å². The number of Topliss-reactive ketones (excluding diaryl/α,β-unsaturated/α-hetero) is 1. The van der Waals surface area contributed by atoms with Crippen LogP contribution in [0.4, 0.5) is 0 Å². The minimum atomic E-state index is -0.591. The lowest BCUT2D eigenvalue weighted by Gasteiger charge is -2.03. The van der Waals surface area contributed by atoms with Crippen molar-refractivity contribution in [1.29, 1.82) is 0 Å². The van der Waals surface area contributed by atoms with E-state index in [1.54, 1.807) is 31.5 Å². The largest absolute Gasteiger partial charge is 0.462 e. The molecule has 1 aromatic rings. The molecule has 0 fully saturated rings. The molecule has 0 bridgehead atoms. The summed E-state index contributed by atoms with van der Waals surface area (Å²) in [4.78, 5) is 26.6. The fourth-order valence-corrected chi connectivity index (χ4v) is 1.14. The zero-order valence-corrected chi connectivity index (χ0v) is 9.27. The Hall–Kier alpha value is -1.97. The van der Waals surface area contributed by atoms with Crippen molar-refractivity contribution in [3.05, 3.63) is 35.7 Å². The van der Waals surface area contributed by atoms with Gasteiger partial charge in [0.05, 0.1) is 6.61 Å². The summed E-state index contributed by atoms with van der Waals surface area (Å²) in [7, 11) is 0. The Kier molecular flexibility index (Phi) is 4.39. The van der Waals surface area contributed by atoms with Crippen molar-refractivity contribution in [2.24, 2.45) is 0 Å². The average molecular weight is 219 g/mol. The number of rotatable bonds is 4. The van der Waals surface area contributed by atoms with Gasteiger partial charge in [-0.05, 0) is 37.6 Å². The van der Waals surface area contributed by atoms with E-state index in [0.29, 0.717) is 0 Å². The maximum Gasteiger partial charge on any atom is 0.341 e. The van der Waals surface area contributed by atoms with Crippen molar-refractivity contribution in [2.75, 3.05) is 6.61 Å². The van der Waals surface area contributed by atoms with Gasteiger partial charge in [-0.3, -0.25) is 9.78 Å². The number of pyridine rings is 1. The van der Waals surface area contributed by atoms with Gasteiger partial charge < -0.3 is 4.74 Å². The summed E-state index contributed by atoms with van der Waals surface area (Å²) in [5.74, 6) is -0.901. The Morgan fingerprint density at radius 2 is 2.00 bits per heavy atom. The number of carbonyl (C=O) groups is 2. The van der Waals surface area contributed by atoms with Crippen LogP contribution in [0, 0.1) is 0 Å². The average Bonchev–Trinajstić information content (AvgIpc) is 2.27. The van der Waals surface area contributed by atoms with Crippen LogP contribution in [0.2, 0.25) is 0 Å². The molecule has 0 N–H and O–H groups in total. The van der Waals surface area contributed by atoms with Crippen molar-refractivity contribution in [3.63, 3.8) is 0 Å². The Morgan fingerprint density at radius 3 is 2.50 bits per heavy atom. The molecule has 1 aromatic heterocycles. The molecule has 4 nitrogen and oxygen atoms in total. The summed E-state index contributed by atoms with van der Waals surface area (Å²) in [6.07, 6.45) is 4.69. The van der Waals surface area contributed by atoms with Crippen molar-refractivity contribution in [1.82, 2.24) is 4.98 Å². The second-order valence-electron chi connectivity index (χ2n) is 3.12. The van der Waals surface area contributed by atoms with Crippen LogP contribution in [0.25, 0.3) is 6.08 Å². The summed E-state index contributed by atoms with van der Waals surface area (Å²) in [6.45, 7) is 3.28. The van der Waals surface area contributed by atoms with Gasteiger partial charge in [-0.2, -0.15) is 0 Å². The van der Waals surface area contributed by atoms with Crippen LogP contribution in [0.1, 0.15) is 19.4 Å². The summed E-state index contributed by atoms with van der Waals surface area (Å²) in [5, 5.41) is 0. The second kappa shape index (κ2) is 5.80. The van der Waals surface area contributed by atoms with E-state index in [0.717, 1.165) is 5.56 Å². The molecule has 4 heteroatoms. The van der Waals surface area contributed by atoms with Gasteiger partial charge >= 0.3 is 5.97 Å². The molecule has 0 saturated heterocycles. The Balaban J connectivity index is 2.99. The van der Waals surface area contributed by atoms with Gasteiger partial charge in [0.1, 0.15) is 5.57 Å². The van der Waals surface area contributed by atoms with E-state index in [2.05, 4.69) is 4.98 Å². The zero-order chi connectivity index (χ0) is 12.0. The molecule has 0 amide bonds. The van der Waals surface area contributed by atoms with Crippen LogP contribution in [0.3, 0.4) is 0 Å². The van der Waals surface area contributed by atoms with Crippen LogP contribution in [-0.2, 0) is 14.3 Å². The quantitative estimate of drug-likeness (QED) is 0.334. The third-order valence-corrected chi connectivity index (χ3v) is 1.89. The molecule has 0 unspecified atom stereocenters. The SMILES string of the molecule is CCOC(=O)/C(=C/c1ccncc1)C(C)=O. The molecule has 1 heterocycles. The predicted molar refractivity (Wildman–Crippen MR) is 59.5 cm³/mol. The Labute approximate surface area is 94.0 Å². The van der Waals surface area contributed by atoms with Crippen LogP contribution < -0.4 is 0 Å². The highest BCUT2D eigenvalue weighted by molar-refractivity contribution is 6.19. The number of esters is 1. The first-order valence-electron chi connectivity index (χ1n) is 4.95. The second-order valence-corrected chi connectivity index (χ2v) is 3.12. The molecular formula is C12H13NO3. The maximum atomic E-state index is 11.5. The van der Waals surface area contributed by atoms with Gasteiger partial charge in [0.15, 0.2) is 5.78 Å². The molecular weight excluding hydrogens is 206 g/mol. The molecule has 0 radical (unpaired) electrons. The lowest BCUT2D eigenvalue weighted by atomic mass is 10.1. The van der Waals surface area contributed by atoms with Crippen molar-refractivity contribution in [2.45, 2.75) is 13.8 Å². The summed E-state index contributed by atoms with van der Waals surface area (Å²) >= 11 is 0. The van der Waals surface area contributed by atoms with E-state index in [9.17, 15) is 9.59 Å². The first-order chi connectivity index (χ1) is 7.65. The van der Waals surface area contributed by atoms with Gasteiger partial charge in [0.2, 0.25) is 0 Å². The Bertz CT molecular complexity index is 410. The highest BCUT2D eigenvalue weighted by Crippen LogP contribution is 2.08. The van der Waals surface area contributed by atoms with Crippen LogP contribution >= 0.6 is 0 Å². The summed E-state index contributed by atoms with van der Waals surface area (Å²) in [5.41, 5.74) is 0.793. The van der Waals surface area contributed by atoms with Gasteiger partial charge in [-0.1, -0.05) is 0 Å². The number of ketones is 1. The Morgan fingerprint density at radius 1 is 1.38 bits per heavy atom. The third kappa shape index (κ3) is 3.31. The summed E-state index contributed by atoms with van der Waals surface area (Å²) in [6, 6.07) is 3.42.